The normalized spacial score (nSPS) is 10.7. The van der Waals surface area contributed by atoms with Crippen LogP contribution in [0.1, 0.15) is 121 Å². The Morgan fingerprint density at radius 2 is 0.681 bits per heavy atom. The number of benzene rings is 8. The summed E-state index contributed by atoms with van der Waals surface area (Å²) in [4.78, 5) is 23.5. The van der Waals surface area contributed by atoms with E-state index >= 15 is 0 Å². The van der Waals surface area contributed by atoms with Crippen LogP contribution in [0.5, 0.6) is 0 Å². The summed E-state index contributed by atoms with van der Waals surface area (Å²) >= 11 is 8.66. The topological polar surface area (TPSA) is 83.8 Å². The molecule has 18 rings (SSSR count). The summed E-state index contributed by atoms with van der Waals surface area (Å²) in [6.45, 7) is 21.9. The fourth-order valence-electron chi connectivity index (χ4n) is 14.2. The van der Waals surface area contributed by atoms with Crippen LogP contribution in [-0.4, -0.2) is 24.9 Å². The highest BCUT2D eigenvalue weighted by atomic mass is 32.1. The van der Waals surface area contributed by atoms with Crippen LogP contribution in [0, 0.1) is 47.4 Å². The maximum absolute atomic E-state index is 13.1. The summed E-state index contributed by atoms with van der Waals surface area (Å²) < 4.78 is 30.1. The summed E-state index contributed by atoms with van der Waals surface area (Å²) in [5.74, 6) is 0.705. The maximum Gasteiger partial charge on any atom is 0.232 e. The largest absolute Gasteiger partial charge is 0.244 e. The fraction of sp³-hybridized carbons (Fsp3) is 0.220. The molecular formula is C100H110FN10S5+5. The molecule has 8 aromatic carbocycles. The fourth-order valence-corrected chi connectivity index (χ4v) is 19.1. The number of pyridine rings is 5. The third kappa shape index (κ3) is 19.2. The Bertz CT molecular complexity index is 6380. The van der Waals surface area contributed by atoms with Gasteiger partial charge in [-0.2, -0.15) is 22.8 Å². The van der Waals surface area contributed by atoms with E-state index in [0.717, 1.165) is 63.6 Å². The van der Waals surface area contributed by atoms with Crippen LogP contribution in [-0.2, 0) is 35.2 Å². The molecule has 0 saturated heterocycles. The molecule has 0 bridgehead atoms. The predicted octanol–water partition coefficient (Wildman–Crippen LogP) is 26.4. The van der Waals surface area contributed by atoms with Crippen molar-refractivity contribution in [1.29, 1.82) is 0 Å². The van der Waals surface area contributed by atoms with Gasteiger partial charge in [0.05, 0.1) is 46.8 Å². The number of aryl methyl sites for hydroxylation is 11. The highest BCUT2D eigenvalue weighted by Gasteiger charge is 2.25. The van der Waals surface area contributed by atoms with Crippen LogP contribution in [0.4, 0.5) is 4.39 Å². The van der Waals surface area contributed by atoms with Crippen molar-refractivity contribution in [2.45, 2.75) is 118 Å². The number of thiazole rings is 5. The van der Waals surface area contributed by atoms with E-state index in [2.05, 4.69) is 355 Å². The average molecular weight is 1630 g/mol. The molecule has 0 spiro atoms. The van der Waals surface area contributed by atoms with Gasteiger partial charge in [-0.25, -0.2) is 29.3 Å². The van der Waals surface area contributed by atoms with Crippen LogP contribution in [0.15, 0.2) is 261 Å². The van der Waals surface area contributed by atoms with E-state index in [-0.39, 0.29) is 43.0 Å². The van der Waals surface area contributed by atoms with Gasteiger partial charge in [0.25, 0.3) is 0 Å². The Balaban J connectivity index is 0.000000166. The molecule has 0 amide bonds. The lowest BCUT2D eigenvalue weighted by Crippen LogP contribution is -2.30. The van der Waals surface area contributed by atoms with Gasteiger partial charge in [-0.05, 0) is 147 Å². The molecule has 0 aliphatic heterocycles. The molecule has 116 heavy (non-hydrogen) atoms. The zero-order valence-electron chi connectivity index (χ0n) is 65.4. The molecule has 0 fully saturated rings. The minimum absolute atomic E-state index is 0. The summed E-state index contributed by atoms with van der Waals surface area (Å²) in [6.07, 6.45) is 10.5. The Hall–Kier alpha value is -11.1. The van der Waals surface area contributed by atoms with Crippen LogP contribution < -0.4 is 22.8 Å². The van der Waals surface area contributed by atoms with Crippen LogP contribution in [0.3, 0.4) is 0 Å². The Morgan fingerprint density at radius 1 is 0.328 bits per heavy atom. The van der Waals surface area contributed by atoms with Gasteiger partial charge in [-0.1, -0.05) is 204 Å². The second-order valence-electron chi connectivity index (χ2n) is 28.7. The molecular weight excluding hydrogens is 1520 g/mol. The lowest BCUT2D eigenvalue weighted by atomic mass is 9.89. The number of hydrogen-bond donors (Lipinski definition) is 0. The van der Waals surface area contributed by atoms with Gasteiger partial charge in [0, 0.05) is 63.7 Å². The molecule has 0 aliphatic rings. The highest BCUT2D eigenvalue weighted by molar-refractivity contribution is 7.22. The first-order valence-electron chi connectivity index (χ1n) is 37.3. The zero-order valence-corrected chi connectivity index (χ0v) is 69.5. The smallest absolute Gasteiger partial charge is 0.232 e. The molecule has 0 radical (unpaired) electrons. The van der Waals surface area contributed by atoms with E-state index in [1.807, 2.05) is 30.0 Å². The summed E-state index contributed by atoms with van der Waals surface area (Å²) in [7, 11) is 10.4. The first-order chi connectivity index (χ1) is 53.6. The number of aromatic nitrogens is 10. The minimum Gasteiger partial charge on any atom is -0.244 e. The zero-order chi connectivity index (χ0) is 77.7. The molecule has 16 heteroatoms. The van der Waals surface area contributed by atoms with Crippen molar-refractivity contribution in [3.05, 3.63) is 311 Å². The van der Waals surface area contributed by atoms with E-state index in [0.29, 0.717) is 11.8 Å². The van der Waals surface area contributed by atoms with Crippen LogP contribution in [0.25, 0.3) is 139 Å². The van der Waals surface area contributed by atoms with Gasteiger partial charge >= 0.3 is 0 Å². The Labute approximate surface area is 706 Å². The van der Waals surface area contributed by atoms with Crippen molar-refractivity contribution in [2.75, 3.05) is 0 Å². The first-order valence-corrected chi connectivity index (χ1v) is 41.4. The molecule has 10 heterocycles. The molecule has 592 valence electrons. The summed E-state index contributed by atoms with van der Waals surface area (Å²) in [6, 6.07) is 76.9. The molecule has 0 unspecified atom stereocenters. The molecule has 0 N–H and O–H groups in total. The number of nitrogens with zero attached hydrogens (tertiary/aromatic N) is 10. The van der Waals surface area contributed by atoms with Gasteiger partial charge in [-0.15, -0.1) is 56.7 Å². The molecule has 0 saturated carbocycles. The minimum atomic E-state index is -0.229. The van der Waals surface area contributed by atoms with E-state index in [9.17, 15) is 4.39 Å². The predicted molar refractivity (Wildman–Crippen MR) is 498 cm³/mol. The molecule has 0 aliphatic carbocycles. The molecule has 10 nitrogen and oxygen atoms in total. The number of fused-ring (bicyclic) bond motifs is 5. The lowest BCUT2D eigenvalue weighted by molar-refractivity contribution is -0.659. The first kappa shape index (κ1) is 88.8. The second-order valence-corrected chi connectivity index (χ2v) is 33.9. The van der Waals surface area contributed by atoms with Crippen LogP contribution in [0.2, 0.25) is 0 Å². The van der Waals surface area contributed by atoms with Gasteiger partial charge in [0.15, 0.2) is 31.0 Å². The second kappa shape index (κ2) is 39.0. The number of rotatable bonds is 10. The van der Waals surface area contributed by atoms with Crippen molar-refractivity contribution in [3.8, 4) is 88.0 Å². The average Bonchev–Trinajstić information content (AvgIpc) is 1.64. The molecule has 10 aromatic heterocycles. The molecule has 0 atom stereocenters. The van der Waals surface area contributed by atoms with Crippen molar-refractivity contribution >= 4 is 108 Å². The maximum atomic E-state index is 13.1. The van der Waals surface area contributed by atoms with E-state index < -0.39 is 0 Å². The van der Waals surface area contributed by atoms with Gasteiger partial charge in [-0.3, -0.25) is 0 Å². The monoisotopic (exact) mass is 1630 g/mol. The highest BCUT2D eigenvalue weighted by Crippen LogP contribution is 2.42. The Kier molecular flexibility index (Phi) is 29.9. The van der Waals surface area contributed by atoms with Crippen molar-refractivity contribution in [3.63, 3.8) is 0 Å². The van der Waals surface area contributed by atoms with Gasteiger partial charge < -0.3 is 0 Å². The van der Waals surface area contributed by atoms with Crippen molar-refractivity contribution < 1.29 is 27.2 Å². The van der Waals surface area contributed by atoms with E-state index in [4.69, 9.17) is 15.0 Å². The summed E-state index contributed by atoms with van der Waals surface area (Å²) in [5, 5.41) is 4.23. The standard InChI is InChI=1S/C26H29N2S.C20H16FN2S.C20H17N2S.C15H15N2S.C14H13N2S.5CH4/c1-16(2)19-12-9-13-20(17(3)4)25(19)26-27-22-15-28(6)23(14-24(22)29-26)21-11-8-7-10-18(21)5;1-13-5-3-4-6-16(13)18-11-19-17(12-23(18)2)22-20(24-19)14-7-9-15(21)10-8-14;1-14-8-6-7-11-16(14)18-12-19-17(13-22(18)2)21-20(23-19)15-9-4-3-5-10-15;1-10-6-4-5-7-12(10)14-15-13(8-9-17(14)3)16-11(2)18-15;1-10-5-3-4-6-11(10)13-14-12(15-9-17-14)7-8-16(13)2;;;;;/h7-17H,1-6H3;3-12H,1-2H3;3-13H,1-2H3;4-9H,1-3H3;3-9H,1-2H3;5*1H4/q5*+1;;;;;. The van der Waals surface area contributed by atoms with Crippen molar-refractivity contribution in [1.82, 2.24) is 24.9 Å². The number of hydrogen-bond acceptors (Lipinski definition) is 10. The third-order valence-electron chi connectivity index (χ3n) is 20.1. The summed E-state index contributed by atoms with van der Waals surface area (Å²) in [5.41, 5.74) is 32.3. The van der Waals surface area contributed by atoms with Crippen molar-refractivity contribution in [2.24, 2.45) is 35.2 Å². The van der Waals surface area contributed by atoms with E-state index in [1.165, 1.54) is 132 Å². The quantitative estimate of drug-likeness (QED) is 0.127. The lowest BCUT2D eigenvalue weighted by Gasteiger charge is -2.17. The SMILES string of the molecule is C.C.C.C.C.Cc1ccccc1-c1c2scnc2cc[n+]1C.Cc1ccccc1-c1cc2sc(-c3c(C(C)C)cccc3C(C)C)nc2c[n+]1C.Cc1ccccc1-c1cc2sc(-c3ccc(F)cc3)nc2c[n+]1C.Cc1ccccc1-c1cc2sc(-c3ccccc3)nc2c[n+]1C.Cc1nc2cc[n+](C)c(-c3ccccc3C)c2s1. The number of halogens is 1. The molecule has 18 aromatic rings. The third-order valence-corrected chi connectivity index (χ3v) is 25.1. The van der Waals surface area contributed by atoms with Gasteiger partial charge in [0.2, 0.25) is 28.5 Å². The van der Waals surface area contributed by atoms with E-state index in [1.54, 1.807) is 57.5 Å². The van der Waals surface area contributed by atoms with Crippen LogP contribution >= 0.6 is 56.7 Å². The Morgan fingerprint density at radius 3 is 1.09 bits per heavy atom. The van der Waals surface area contributed by atoms with Gasteiger partial charge in [0.1, 0.15) is 82.0 Å².